The largest absolute Gasteiger partial charge is 0.457 e. The normalized spacial score (nSPS) is 13.0. The van der Waals surface area contributed by atoms with Gasteiger partial charge >= 0.3 is 0 Å². The summed E-state index contributed by atoms with van der Waals surface area (Å²) >= 11 is 0. The summed E-state index contributed by atoms with van der Waals surface area (Å²) in [6.45, 7) is 1.49. The van der Waals surface area contributed by atoms with Crippen LogP contribution in [0.2, 0.25) is 0 Å². The van der Waals surface area contributed by atoms with Gasteiger partial charge in [-0.15, -0.1) is 0 Å². The highest BCUT2D eigenvalue weighted by Gasteiger charge is 2.13. The molecule has 0 aliphatic rings. The average Bonchev–Trinajstić information content (AvgIpc) is 2.40. The van der Waals surface area contributed by atoms with Crippen LogP contribution in [-0.2, 0) is 9.84 Å². The Morgan fingerprint density at radius 2 is 1.90 bits per heavy atom. The molecule has 0 amide bonds. The molecule has 2 aromatic carbocycles. The fourth-order valence-corrected chi connectivity index (χ4v) is 2.49. The molecule has 1 N–H and O–H groups in total. The van der Waals surface area contributed by atoms with E-state index in [0.717, 1.165) is 6.26 Å². The smallest absolute Gasteiger partial charge is 0.175 e. The molecule has 0 aliphatic heterocycles. The van der Waals surface area contributed by atoms with Gasteiger partial charge in [0.05, 0.1) is 11.0 Å². The Morgan fingerprint density at radius 3 is 2.52 bits per heavy atom. The lowest BCUT2D eigenvalue weighted by Crippen LogP contribution is -1.99. The van der Waals surface area contributed by atoms with E-state index in [4.69, 9.17) is 4.74 Å². The van der Waals surface area contributed by atoms with Crippen LogP contribution in [0.1, 0.15) is 18.6 Å². The lowest BCUT2D eigenvalue weighted by Gasteiger charge is -2.13. The summed E-state index contributed by atoms with van der Waals surface area (Å²) in [5.41, 5.74) is 0.291. The van der Waals surface area contributed by atoms with Gasteiger partial charge in [0.1, 0.15) is 17.3 Å². The lowest BCUT2D eigenvalue weighted by molar-refractivity contribution is 0.195. The van der Waals surface area contributed by atoms with Crippen LogP contribution in [0.25, 0.3) is 0 Å². The third-order valence-corrected chi connectivity index (χ3v) is 3.99. The molecule has 0 aromatic heterocycles. The van der Waals surface area contributed by atoms with Crippen molar-refractivity contribution in [3.8, 4) is 11.5 Å². The minimum absolute atomic E-state index is 0.126. The molecular weight excluding hydrogens is 295 g/mol. The van der Waals surface area contributed by atoms with Crippen molar-refractivity contribution in [2.45, 2.75) is 17.9 Å². The molecule has 6 heteroatoms. The van der Waals surface area contributed by atoms with Crippen molar-refractivity contribution in [2.24, 2.45) is 0 Å². The van der Waals surface area contributed by atoms with E-state index in [2.05, 4.69) is 0 Å². The summed E-state index contributed by atoms with van der Waals surface area (Å²) in [6, 6.07) is 9.76. The van der Waals surface area contributed by atoms with Gasteiger partial charge in [0.25, 0.3) is 0 Å². The number of sulfone groups is 1. The van der Waals surface area contributed by atoms with Crippen LogP contribution in [0, 0.1) is 5.82 Å². The van der Waals surface area contributed by atoms with E-state index in [0.29, 0.717) is 11.3 Å². The molecule has 0 radical (unpaired) electrons. The molecule has 0 fully saturated rings. The Bertz CT molecular complexity index is 754. The molecule has 2 rings (SSSR count). The quantitative estimate of drug-likeness (QED) is 0.942. The van der Waals surface area contributed by atoms with Crippen LogP contribution < -0.4 is 4.74 Å². The van der Waals surface area contributed by atoms with E-state index < -0.39 is 21.8 Å². The minimum atomic E-state index is -3.34. The molecule has 0 unspecified atom stereocenters. The summed E-state index contributed by atoms with van der Waals surface area (Å²) in [6.07, 6.45) is 0.194. The van der Waals surface area contributed by atoms with Crippen molar-refractivity contribution < 1.29 is 22.7 Å². The SMILES string of the molecule is C[C@@H](O)c1cc(F)ccc1Oc1cccc(S(C)(=O)=O)c1. The average molecular weight is 310 g/mol. The summed E-state index contributed by atoms with van der Waals surface area (Å²) in [7, 11) is -3.34. The van der Waals surface area contributed by atoms with Gasteiger partial charge in [-0.1, -0.05) is 6.07 Å². The second kappa shape index (κ2) is 5.83. The molecule has 0 aliphatic carbocycles. The van der Waals surface area contributed by atoms with Crippen LogP contribution in [0.5, 0.6) is 11.5 Å². The van der Waals surface area contributed by atoms with Crippen molar-refractivity contribution >= 4 is 9.84 Å². The fourth-order valence-electron chi connectivity index (χ4n) is 1.83. The molecule has 0 saturated heterocycles. The van der Waals surface area contributed by atoms with Gasteiger partial charge in [-0.05, 0) is 43.3 Å². The monoisotopic (exact) mass is 310 g/mol. The Morgan fingerprint density at radius 1 is 1.19 bits per heavy atom. The van der Waals surface area contributed by atoms with Gasteiger partial charge in [0, 0.05) is 11.8 Å². The van der Waals surface area contributed by atoms with E-state index in [1.165, 1.54) is 37.3 Å². The Hall–Kier alpha value is -1.92. The first-order chi connectivity index (χ1) is 9.77. The first-order valence-electron chi connectivity index (χ1n) is 6.23. The van der Waals surface area contributed by atoms with Gasteiger partial charge in [-0.3, -0.25) is 0 Å². The van der Waals surface area contributed by atoms with Crippen molar-refractivity contribution in [1.82, 2.24) is 0 Å². The molecular formula is C15H15FO4S. The third-order valence-electron chi connectivity index (χ3n) is 2.88. The maximum absolute atomic E-state index is 13.2. The summed E-state index contributed by atoms with van der Waals surface area (Å²) in [5, 5.41) is 9.65. The highest BCUT2D eigenvalue weighted by molar-refractivity contribution is 7.90. The molecule has 0 spiro atoms. The number of halogens is 1. The molecule has 0 saturated carbocycles. The Balaban J connectivity index is 2.39. The van der Waals surface area contributed by atoms with E-state index in [1.54, 1.807) is 12.1 Å². The zero-order chi connectivity index (χ0) is 15.6. The number of hydrogen-bond acceptors (Lipinski definition) is 4. The molecule has 0 bridgehead atoms. The van der Waals surface area contributed by atoms with E-state index in [1.807, 2.05) is 0 Å². The predicted molar refractivity (Wildman–Crippen MR) is 76.7 cm³/mol. The van der Waals surface area contributed by atoms with Crippen LogP contribution in [-0.4, -0.2) is 19.8 Å². The number of ether oxygens (including phenoxy) is 1. The predicted octanol–water partition coefficient (Wildman–Crippen LogP) is 3.07. The highest BCUT2D eigenvalue weighted by atomic mass is 32.2. The number of rotatable bonds is 4. The van der Waals surface area contributed by atoms with Crippen molar-refractivity contribution in [3.05, 3.63) is 53.8 Å². The zero-order valence-electron chi connectivity index (χ0n) is 11.6. The molecule has 1 atom stereocenters. The lowest BCUT2D eigenvalue weighted by atomic mass is 10.1. The number of benzene rings is 2. The van der Waals surface area contributed by atoms with Gasteiger partial charge in [0.2, 0.25) is 0 Å². The van der Waals surface area contributed by atoms with E-state index in [-0.39, 0.29) is 10.6 Å². The van der Waals surface area contributed by atoms with Gasteiger partial charge in [0.15, 0.2) is 9.84 Å². The molecule has 21 heavy (non-hydrogen) atoms. The van der Waals surface area contributed by atoms with Gasteiger partial charge in [-0.2, -0.15) is 0 Å². The fraction of sp³-hybridized carbons (Fsp3) is 0.200. The van der Waals surface area contributed by atoms with E-state index >= 15 is 0 Å². The van der Waals surface area contributed by atoms with Crippen LogP contribution in [0.15, 0.2) is 47.4 Å². The van der Waals surface area contributed by atoms with Crippen molar-refractivity contribution in [2.75, 3.05) is 6.26 Å². The Labute approximate surface area is 122 Å². The summed E-state index contributed by atoms with van der Waals surface area (Å²) in [4.78, 5) is 0.126. The number of aliphatic hydroxyl groups is 1. The van der Waals surface area contributed by atoms with Gasteiger partial charge < -0.3 is 9.84 Å². The molecule has 112 valence electrons. The molecule has 0 heterocycles. The van der Waals surface area contributed by atoms with Crippen molar-refractivity contribution in [3.63, 3.8) is 0 Å². The van der Waals surface area contributed by atoms with Crippen LogP contribution in [0.4, 0.5) is 4.39 Å². The third kappa shape index (κ3) is 3.80. The standard InChI is InChI=1S/C15H15FO4S/c1-10(17)14-8-11(16)6-7-15(14)20-12-4-3-5-13(9-12)21(2,18)19/h3-10,17H,1-2H3/t10-/m1/s1. The highest BCUT2D eigenvalue weighted by Crippen LogP contribution is 2.31. The minimum Gasteiger partial charge on any atom is -0.457 e. The summed E-state index contributed by atoms with van der Waals surface area (Å²) in [5.74, 6) is 0.0895. The van der Waals surface area contributed by atoms with Crippen molar-refractivity contribution in [1.29, 1.82) is 0 Å². The second-order valence-electron chi connectivity index (χ2n) is 4.71. The maximum atomic E-state index is 13.2. The second-order valence-corrected chi connectivity index (χ2v) is 6.72. The van der Waals surface area contributed by atoms with Crippen LogP contribution in [0.3, 0.4) is 0 Å². The number of aliphatic hydroxyl groups excluding tert-OH is 1. The Kier molecular flexibility index (Phi) is 4.29. The van der Waals surface area contributed by atoms with E-state index in [9.17, 15) is 17.9 Å². The first-order valence-corrected chi connectivity index (χ1v) is 8.12. The van der Waals surface area contributed by atoms with Crippen LogP contribution >= 0.6 is 0 Å². The number of hydrogen-bond donors (Lipinski definition) is 1. The van der Waals surface area contributed by atoms with Gasteiger partial charge in [-0.25, -0.2) is 12.8 Å². The maximum Gasteiger partial charge on any atom is 0.175 e. The molecule has 2 aromatic rings. The summed E-state index contributed by atoms with van der Waals surface area (Å²) < 4.78 is 41.8. The zero-order valence-corrected chi connectivity index (χ0v) is 12.4. The first kappa shape index (κ1) is 15.5. The topological polar surface area (TPSA) is 63.6 Å². The molecule has 4 nitrogen and oxygen atoms in total.